The average molecular weight is 435 g/mol. The van der Waals surface area contributed by atoms with Crippen LogP contribution >= 0.6 is 0 Å². The molecule has 2 aromatic rings. The number of hydrogen-bond acceptors (Lipinski definition) is 5. The normalized spacial score (nSPS) is 21.5. The van der Waals surface area contributed by atoms with Crippen molar-refractivity contribution in [3.63, 3.8) is 0 Å². The molecule has 0 spiro atoms. The molecule has 8 heteroatoms. The van der Waals surface area contributed by atoms with Gasteiger partial charge in [0, 0.05) is 26.2 Å². The summed E-state index contributed by atoms with van der Waals surface area (Å²) >= 11 is 0. The summed E-state index contributed by atoms with van der Waals surface area (Å²) in [5, 5.41) is 10.8. The molecule has 0 aliphatic carbocycles. The highest BCUT2D eigenvalue weighted by Gasteiger charge is 2.36. The number of hydrogen-bond donors (Lipinski definition) is 1. The molecule has 30 heavy (non-hydrogen) atoms. The predicted molar refractivity (Wildman–Crippen MR) is 115 cm³/mol. The molecule has 0 radical (unpaired) electrons. The van der Waals surface area contributed by atoms with Crippen LogP contribution in [0.2, 0.25) is 0 Å². The van der Waals surface area contributed by atoms with Crippen molar-refractivity contribution in [2.75, 3.05) is 26.7 Å². The second-order valence-corrected chi connectivity index (χ2v) is 9.58. The van der Waals surface area contributed by atoms with Crippen molar-refractivity contribution in [3.8, 4) is 5.75 Å². The van der Waals surface area contributed by atoms with Crippen LogP contribution in [0.15, 0.2) is 54.6 Å². The first-order chi connectivity index (χ1) is 14.3. The first-order valence-electron chi connectivity index (χ1n) is 10.1. The standard InChI is InChI=1S/C22H30N2O5S/c1-17-13-23(14-18(2)29-17)30(26,27)24(15-19-8-5-4-6-9-19)16-22(25)20-10-7-11-21(12-20)28-3/h4-12,17-18,22,25H,13-16H2,1-3H3/t17-,18-,22+/m0/s1. The number of morpholine rings is 1. The van der Waals surface area contributed by atoms with Crippen molar-refractivity contribution in [2.45, 2.75) is 38.7 Å². The van der Waals surface area contributed by atoms with Gasteiger partial charge in [0.25, 0.3) is 10.2 Å². The van der Waals surface area contributed by atoms with Crippen molar-refractivity contribution in [3.05, 3.63) is 65.7 Å². The van der Waals surface area contributed by atoms with Crippen LogP contribution < -0.4 is 4.74 Å². The summed E-state index contributed by atoms with van der Waals surface area (Å²) in [5.41, 5.74) is 1.46. The highest BCUT2D eigenvalue weighted by molar-refractivity contribution is 7.86. The maximum atomic E-state index is 13.5. The minimum absolute atomic E-state index is 0.0650. The number of nitrogens with zero attached hydrogens (tertiary/aromatic N) is 2. The fraction of sp³-hybridized carbons (Fsp3) is 0.455. The van der Waals surface area contributed by atoms with Crippen molar-refractivity contribution >= 4 is 10.2 Å². The van der Waals surface area contributed by atoms with Crippen LogP contribution in [0.25, 0.3) is 0 Å². The van der Waals surface area contributed by atoms with E-state index < -0.39 is 16.3 Å². The zero-order valence-electron chi connectivity index (χ0n) is 17.6. The van der Waals surface area contributed by atoms with Crippen molar-refractivity contribution in [1.82, 2.24) is 8.61 Å². The molecule has 0 amide bonds. The van der Waals surface area contributed by atoms with E-state index in [4.69, 9.17) is 9.47 Å². The molecule has 1 aliphatic rings. The maximum Gasteiger partial charge on any atom is 0.282 e. The Morgan fingerprint density at radius 1 is 1.13 bits per heavy atom. The quantitative estimate of drug-likeness (QED) is 0.691. The minimum atomic E-state index is -3.81. The lowest BCUT2D eigenvalue weighted by molar-refractivity contribution is -0.0458. The molecule has 0 unspecified atom stereocenters. The van der Waals surface area contributed by atoms with E-state index in [1.807, 2.05) is 44.2 Å². The van der Waals surface area contributed by atoms with Gasteiger partial charge in [0.05, 0.1) is 25.4 Å². The van der Waals surface area contributed by atoms with E-state index in [9.17, 15) is 13.5 Å². The summed E-state index contributed by atoms with van der Waals surface area (Å²) in [5.74, 6) is 0.611. The van der Waals surface area contributed by atoms with Gasteiger partial charge in [0.1, 0.15) is 5.75 Å². The van der Waals surface area contributed by atoms with Gasteiger partial charge in [-0.05, 0) is 37.1 Å². The van der Waals surface area contributed by atoms with Crippen LogP contribution in [0.3, 0.4) is 0 Å². The Labute approximate surface area is 179 Å². The Bertz CT molecular complexity index is 912. The summed E-state index contributed by atoms with van der Waals surface area (Å²) in [6.45, 7) is 4.41. The zero-order valence-corrected chi connectivity index (χ0v) is 18.5. The average Bonchev–Trinajstić information content (AvgIpc) is 2.73. The third-order valence-electron chi connectivity index (χ3n) is 5.10. The second kappa shape index (κ2) is 9.89. The third kappa shape index (κ3) is 5.59. The van der Waals surface area contributed by atoms with E-state index in [0.29, 0.717) is 11.3 Å². The van der Waals surface area contributed by atoms with Crippen LogP contribution in [0.4, 0.5) is 0 Å². The van der Waals surface area contributed by atoms with Crippen molar-refractivity contribution in [1.29, 1.82) is 0 Å². The number of aliphatic hydroxyl groups excluding tert-OH is 1. The van der Waals surface area contributed by atoms with Gasteiger partial charge in [0.15, 0.2) is 0 Å². The van der Waals surface area contributed by atoms with E-state index in [2.05, 4.69) is 0 Å². The van der Waals surface area contributed by atoms with Gasteiger partial charge in [-0.25, -0.2) is 0 Å². The van der Waals surface area contributed by atoms with Gasteiger partial charge in [0.2, 0.25) is 0 Å². The smallest absolute Gasteiger partial charge is 0.282 e. The summed E-state index contributed by atoms with van der Waals surface area (Å²) < 4.78 is 40.8. The molecular weight excluding hydrogens is 404 g/mol. The van der Waals surface area contributed by atoms with E-state index in [-0.39, 0.29) is 38.4 Å². The first-order valence-corrected chi connectivity index (χ1v) is 11.5. The number of benzene rings is 2. The largest absolute Gasteiger partial charge is 0.497 e. The maximum absolute atomic E-state index is 13.5. The Hall–Kier alpha value is -1.97. The Morgan fingerprint density at radius 3 is 2.43 bits per heavy atom. The molecule has 3 atom stereocenters. The molecule has 164 valence electrons. The zero-order chi connectivity index (χ0) is 21.7. The molecule has 7 nitrogen and oxygen atoms in total. The number of ether oxygens (including phenoxy) is 2. The molecule has 2 aromatic carbocycles. The molecule has 3 rings (SSSR count). The molecule has 1 fully saturated rings. The second-order valence-electron chi connectivity index (χ2n) is 7.65. The van der Waals surface area contributed by atoms with Gasteiger partial charge in [-0.3, -0.25) is 0 Å². The van der Waals surface area contributed by atoms with Crippen LogP contribution in [0.1, 0.15) is 31.1 Å². The van der Waals surface area contributed by atoms with E-state index in [1.165, 1.54) is 8.61 Å². The monoisotopic (exact) mass is 434 g/mol. The Balaban J connectivity index is 1.87. The molecule has 0 saturated carbocycles. The lowest BCUT2D eigenvalue weighted by atomic mass is 10.1. The summed E-state index contributed by atoms with van der Waals surface area (Å²) in [6, 6.07) is 16.4. The van der Waals surface area contributed by atoms with Crippen LogP contribution in [-0.4, -0.2) is 61.1 Å². The molecule has 1 N–H and O–H groups in total. The number of methoxy groups -OCH3 is 1. The van der Waals surface area contributed by atoms with Gasteiger partial charge >= 0.3 is 0 Å². The topological polar surface area (TPSA) is 79.3 Å². The molecular formula is C22H30N2O5S. The lowest BCUT2D eigenvalue weighted by Crippen LogP contribution is -2.53. The summed E-state index contributed by atoms with van der Waals surface area (Å²) in [7, 11) is -2.26. The molecule has 0 aromatic heterocycles. The van der Waals surface area contributed by atoms with Crippen molar-refractivity contribution < 1.29 is 23.0 Å². The Morgan fingerprint density at radius 2 is 1.80 bits per heavy atom. The van der Waals surface area contributed by atoms with Gasteiger partial charge < -0.3 is 14.6 Å². The first kappa shape index (κ1) is 22.7. The van der Waals surface area contributed by atoms with Crippen LogP contribution in [0.5, 0.6) is 5.75 Å². The van der Waals surface area contributed by atoms with Gasteiger partial charge in [-0.2, -0.15) is 17.0 Å². The van der Waals surface area contributed by atoms with E-state index in [0.717, 1.165) is 5.56 Å². The predicted octanol–water partition coefficient (Wildman–Crippen LogP) is 2.58. The highest BCUT2D eigenvalue weighted by atomic mass is 32.2. The Kier molecular flexibility index (Phi) is 7.49. The molecule has 1 heterocycles. The van der Waals surface area contributed by atoms with Crippen LogP contribution in [0, 0.1) is 0 Å². The van der Waals surface area contributed by atoms with Gasteiger partial charge in [-0.15, -0.1) is 0 Å². The minimum Gasteiger partial charge on any atom is -0.497 e. The van der Waals surface area contributed by atoms with Crippen LogP contribution in [-0.2, 0) is 21.5 Å². The fourth-order valence-corrected chi connectivity index (χ4v) is 5.42. The fourth-order valence-electron chi connectivity index (χ4n) is 3.66. The molecule has 1 saturated heterocycles. The van der Waals surface area contributed by atoms with Crippen molar-refractivity contribution in [2.24, 2.45) is 0 Å². The number of rotatable bonds is 8. The molecule has 0 bridgehead atoms. The SMILES string of the molecule is COc1cccc([C@H](O)CN(Cc2ccccc2)S(=O)(=O)N2C[C@H](C)O[C@@H](C)C2)c1. The van der Waals surface area contributed by atoms with E-state index >= 15 is 0 Å². The van der Waals surface area contributed by atoms with E-state index in [1.54, 1.807) is 31.4 Å². The highest BCUT2D eigenvalue weighted by Crippen LogP contribution is 2.25. The summed E-state index contributed by atoms with van der Waals surface area (Å²) in [4.78, 5) is 0. The van der Waals surface area contributed by atoms with Gasteiger partial charge in [-0.1, -0.05) is 42.5 Å². The lowest BCUT2D eigenvalue weighted by Gasteiger charge is -2.38. The molecule has 1 aliphatic heterocycles. The summed E-state index contributed by atoms with van der Waals surface area (Å²) in [6.07, 6.45) is -1.37. The third-order valence-corrected chi connectivity index (χ3v) is 6.98. The number of aliphatic hydroxyl groups is 1.